The lowest BCUT2D eigenvalue weighted by atomic mass is 9.95. The van der Waals surface area contributed by atoms with E-state index < -0.39 is 5.60 Å². The molecular formula is C9H18O2. The predicted octanol–water partition coefficient (Wildman–Crippen LogP) is 1.91. The van der Waals surface area contributed by atoms with Gasteiger partial charge >= 0.3 is 0 Å². The molecule has 0 fully saturated rings. The molecule has 1 unspecified atom stereocenters. The van der Waals surface area contributed by atoms with E-state index in [2.05, 4.69) is 6.92 Å². The van der Waals surface area contributed by atoms with Crippen LogP contribution in [-0.4, -0.2) is 16.5 Å². The standard InChI is InChI=1S/C9H18O2/c1-4-5-6-7-9(3,11)8(2)10/h11H,4-7H2,1-3H3. The van der Waals surface area contributed by atoms with Gasteiger partial charge in [-0.3, -0.25) is 4.79 Å². The summed E-state index contributed by atoms with van der Waals surface area (Å²) < 4.78 is 0. The van der Waals surface area contributed by atoms with E-state index in [0.717, 1.165) is 19.3 Å². The first kappa shape index (κ1) is 10.6. The first-order valence-electron chi connectivity index (χ1n) is 4.24. The minimum absolute atomic E-state index is 0.131. The van der Waals surface area contributed by atoms with Gasteiger partial charge in [-0.05, 0) is 20.3 Å². The molecule has 0 aromatic rings. The monoisotopic (exact) mass is 158 g/mol. The number of carbonyl (C=O) groups excluding carboxylic acids is 1. The molecule has 0 saturated heterocycles. The third-order valence-electron chi connectivity index (χ3n) is 2.03. The van der Waals surface area contributed by atoms with Gasteiger partial charge in [0.25, 0.3) is 0 Å². The molecule has 0 aliphatic rings. The van der Waals surface area contributed by atoms with Gasteiger partial charge in [-0.25, -0.2) is 0 Å². The van der Waals surface area contributed by atoms with Crippen molar-refractivity contribution in [1.29, 1.82) is 0 Å². The fourth-order valence-electron chi connectivity index (χ4n) is 0.895. The molecule has 11 heavy (non-hydrogen) atoms. The Labute approximate surface area is 68.6 Å². The van der Waals surface area contributed by atoms with Crippen molar-refractivity contribution in [3.8, 4) is 0 Å². The Morgan fingerprint density at radius 2 is 2.00 bits per heavy atom. The third-order valence-corrected chi connectivity index (χ3v) is 2.03. The topological polar surface area (TPSA) is 37.3 Å². The summed E-state index contributed by atoms with van der Waals surface area (Å²) >= 11 is 0. The van der Waals surface area contributed by atoms with Gasteiger partial charge in [-0.15, -0.1) is 0 Å². The summed E-state index contributed by atoms with van der Waals surface area (Å²) in [5, 5.41) is 9.47. The molecule has 2 nitrogen and oxygen atoms in total. The van der Waals surface area contributed by atoms with E-state index in [-0.39, 0.29) is 5.78 Å². The Bertz CT molecular complexity index is 128. The molecular weight excluding hydrogens is 140 g/mol. The van der Waals surface area contributed by atoms with Crippen LogP contribution >= 0.6 is 0 Å². The molecule has 0 saturated carbocycles. The number of Topliss-reactive ketones (excluding diaryl/α,β-unsaturated/α-hetero) is 1. The first-order valence-corrected chi connectivity index (χ1v) is 4.24. The first-order chi connectivity index (χ1) is 5.00. The molecule has 0 spiro atoms. The number of ketones is 1. The number of aliphatic hydroxyl groups is 1. The van der Waals surface area contributed by atoms with Crippen molar-refractivity contribution >= 4 is 5.78 Å². The SMILES string of the molecule is CCCCCC(C)(O)C(C)=O. The fraction of sp³-hybridized carbons (Fsp3) is 0.889. The summed E-state index contributed by atoms with van der Waals surface area (Å²) in [6.45, 7) is 5.12. The van der Waals surface area contributed by atoms with Gasteiger partial charge in [0, 0.05) is 0 Å². The van der Waals surface area contributed by atoms with Crippen molar-refractivity contribution in [2.45, 2.75) is 52.1 Å². The number of hydrogen-bond donors (Lipinski definition) is 1. The summed E-state index contributed by atoms with van der Waals surface area (Å²) in [5.74, 6) is -0.131. The zero-order chi connectivity index (χ0) is 8.91. The number of hydrogen-bond acceptors (Lipinski definition) is 2. The van der Waals surface area contributed by atoms with Gasteiger partial charge < -0.3 is 5.11 Å². The maximum absolute atomic E-state index is 10.8. The summed E-state index contributed by atoms with van der Waals surface area (Å²) in [4.78, 5) is 10.8. The zero-order valence-corrected chi connectivity index (χ0v) is 7.68. The Balaban J connectivity index is 3.64. The van der Waals surface area contributed by atoms with Gasteiger partial charge in [-0.2, -0.15) is 0 Å². The van der Waals surface area contributed by atoms with Gasteiger partial charge in [0.1, 0.15) is 5.60 Å². The maximum Gasteiger partial charge on any atom is 0.160 e. The number of rotatable bonds is 5. The molecule has 2 heteroatoms. The van der Waals surface area contributed by atoms with Crippen molar-refractivity contribution in [3.05, 3.63) is 0 Å². The summed E-state index contributed by atoms with van der Waals surface area (Å²) in [7, 11) is 0. The lowest BCUT2D eigenvalue weighted by Gasteiger charge is -2.18. The number of carbonyl (C=O) groups is 1. The highest BCUT2D eigenvalue weighted by molar-refractivity contribution is 5.84. The van der Waals surface area contributed by atoms with Crippen LogP contribution in [-0.2, 0) is 4.79 Å². The van der Waals surface area contributed by atoms with E-state index in [1.807, 2.05) is 0 Å². The summed E-state index contributed by atoms with van der Waals surface area (Å²) in [6.07, 6.45) is 3.73. The molecule has 1 N–H and O–H groups in total. The van der Waals surface area contributed by atoms with E-state index in [0.29, 0.717) is 6.42 Å². The molecule has 0 aliphatic carbocycles. The molecule has 1 atom stereocenters. The minimum Gasteiger partial charge on any atom is -0.382 e. The Kier molecular flexibility index (Phi) is 4.34. The maximum atomic E-state index is 10.8. The van der Waals surface area contributed by atoms with Crippen LogP contribution in [0.25, 0.3) is 0 Å². The minimum atomic E-state index is -1.09. The fourth-order valence-corrected chi connectivity index (χ4v) is 0.895. The second-order valence-corrected chi connectivity index (χ2v) is 3.29. The van der Waals surface area contributed by atoms with Gasteiger partial charge in [0.2, 0.25) is 0 Å². The molecule has 0 radical (unpaired) electrons. The van der Waals surface area contributed by atoms with Gasteiger partial charge in [0.05, 0.1) is 0 Å². The van der Waals surface area contributed by atoms with Crippen LogP contribution in [0.1, 0.15) is 46.5 Å². The second-order valence-electron chi connectivity index (χ2n) is 3.29. The Morgan fingerprint density at radius 1 is 1.45 bits per heavy atom. The van der Waals surface area contributed by atoms with Crippen LogP contribution < -0.4 is 0 Å². The molecule has 0 aromatic carbocycles. The molecule has 0 aromatic heterocycles. The smallest absolute Gasteiger partial charge is 0.160 e. The van der Waals surface area contributed by atoms with Crippen LogP contribution in [0.2, 0.25) is 0 Å². The van der Waals surface area contributed by atoms with E-state index in [1.165, 1.54) is 6.92 Å². The zero-order valence-electron chi connectivity index (χ0n) is 7.68. The van der Waals surface area contributed by atoms with Gasteiger partial charge in [0.15, 0.2) is 5.78 Å². The van der Waals surface area contributed by atoms with E-state index in [1.54, 1.807) is 6.92 Å². The molecule has 0 aliphatic heterocycles. The van der Waals surface area contributed by atoms with Crippen LogP contribution in [0, 0.1) is 0 Å². The number of unbranched alkanes of at least 4 members (excludes halogenated alkanes) is 2. The molecule has 0 amide bonds. The van der Waals surface area contributed by atoms with Gasteiger partial charge in [-0.1, -0.05) is 26.2 Å². The Morgan fingerprint density at radius 3 is 2.36 bits per heavy atom. The molecule has 0 heterocycles. The third kappa shape index (κ3) is 4.14. The molecule has 66 valence electrons. The van der Waals surface area contributed by atoms with Crippen LogP contribution in [0.4, 0.5) is 0 Å². The predicted molar refractivity (Wildman–Crippen MR) is 45.4 cm³/mol. The van der Waals surface area contributed by atoms with Crippen molar-refractivity contribution in [1.82, 2.24) is 0 Å². The average molecular weight is 158 g/mol. The average Bonchev–Trinajstić information content (AvgIpc) is 1.88. The second kappa shape index (κ2) is 4.50. The van der Waals surface area contributed by atoms with E-state index in [9.17, 15) is 9.90 Å². The Hall–Kier alpha value is -0.370. The lowest BCUT2D eigenvalue weighted by molar-refractivity contribution is -0.134. The summed E-state index contributed by atoms with van der Waals surface area (Å²) in [6, 6.07) is 0. The van der Waals surface area contributed by atoms with Crippen LogP contribution in [0.15, 0.2) is 0 Å². The quantitative estimate of drug-likeness (QED) is 0.620. The van der Waals surface area contributed by atoms with Crippen molar-refractivity contribution < 1.29 is 9.90 Å². The highest BCUT2D eigenvalue weighted by atomic mass is 16.3. The molecule has 0 rings (SSSR count). The van der Waals surface area contributed by atoms with Crippen molar-refractivity contribution in [2.75, 3.05) is 0 Å². The largest absolute Gasteiger partial charge is 0.382 e. The normalized spacial score (nSPS) is 16.0. The van der Waals surface area contributed by atoms with Crippen molar-refractivity contribution in [3.63, 3.8) is 0 Å². The summed E-state index contributed by atoms with van der Waals surface area (Å²) in [5.41, 5.74) is -1.09. The van der Waals surface area contributed by atoms with E-state index >= 15 is 0 Å². The molecule has 0 bridgehead atoms. The highest BCUT2D eigenvalue weighted by Crippen LogP contribution is 2.14. The van der Waals surface area contributed by atoms with Crippen LogP contribution in [0.3, 0.4) is 0 Å². The highest BCUT2D eigenvalue weighted by Gasteiger charge is 2.24. The van der Waals surface area contributed by atoms with Crippen LogP contribution in [0.5, 0.6) is 0 Å². The van der Waals surface area contributed by atoms with Crippen molar-refractivity contribution in [2.24, 2.45) is 0 Å². The lowest BCUT2D eigenvalue weighted by Crippen LogP contribution is -2.32. The van der Waals surface area contributed by atoms with E-state index in [4.69, 9.17) is 0 Å².